The topological polar surface area (TPSA) is 12.0 Å². The first-order chi connectivity index (χ1) is 9.88. The van der Waals surface area contributed by atoms with E-state index in [1.54, 1.807) is 11.3 Å². The third-order valence-corrected chi connectivity index (χ3v) is 5.07. The molecule has 21 heavy (non-hydrogen) atoms. The maximum absolute atomic E-state index is 12.1. The molecule has 0 spiro atoms. The van der Waals surface area contributed by atoms with Crippen molar-refractivity contribution in [1.82, 2.24) is 5.32 Å². The molecule has 0 amide bonds. The van der Waals surface area contributed by atoms with E-state index in [0.29, 0.717) is 13.0 Å². The number of hydrogen-bond acceptors (Lipinski definition) is 2. The van der Waals surface area contributed by atoms with Gasteiger partial charge in [0.25, 0.3) is 0 Å². The number of alkyl halides is 3. The first-order valence-corrected chi connectivity index (χ1v) is 7.98. The number of unbranched alkanes of at least 4 members (excludes halogenated alkanes) is 1. The third-order valence-electron chi connectivity index (χ3n) is 3.61. The highest BCUT2D eigenvalue weighted by atomic mass is 32.1. The van der Waals surface area contributed by atoms with Gasteiger partial charge in [-0.3, -0.25) is 0 Å². The van der Waals surface area contributed by atoms with Crippen LogP contribution < -0.4 is 5.32 Å². The van der Waals surface area contributed by atoms with Gasteiger partial charge in [0.2, 0.25) is 0 Å². The minimum atomic E-state index is -4.03. The van der Waals surface area contributed by atoms with Gasteiger partial charge >= 0.3 is 6.18 Å². The lowest BCUT2D eigenvalue weighted by Gasteiger charge is -2.13. The molecule has 1 heterocycles. The van der Waals surface area contributed by atoms with E-state index >= 15 is 0 Å². The summed E-state index contributed by atoms with van der Waals surface area (Å²) in [5.41, 5.74) is 1.27. The van der Waals surface area contributed by atoms with Gasteiger partial charge in [-0.1, -0.05) is 18.2 Å². The molecule has 0 aliphatic heterocycles. The molecule has 0 aliphatic rings. The zero-order valence-electron chi connectivity index (χ0n) is 12.3. The Morgan fingerprint density at radius 2 is 1.90 bits per heavy atom. The fourth-order valence-corrected chi connectivity index (χ4v) is 3.71. The molecule has 0 saturated heterocycles. The highest BCUT2D eigenvalue weighted by Gasteiger charge is 2.25. The van der Waals surface area contributed by atoms with Crippen LogP contribution in [0.1, 0.15) is 42.7 Å². The Hall–Kier alpha value is -1.07. The average Bonchev–Trinajstić information content (AvgIpc) is 2.75. The van der Waals surface area contributed by atoms with Crippen molar-refractivity contribution >= 4 is 21.4 Å². The third kappa shape index (κ3) is 4.45. The van der Waals surface area contributed by atoms with Gasteiger partial charge in [0, 0.05) is 22.0 Å². The van der Waals surface area contributed by atoms with Gasteiger partial charge in [0.05, 0.1) is 0 Å². The molecule has 0 bridgehead atoms. The Bertz CT molecular complexity index is 589. The summed E-state index contributed by atoms with van der Waals surface area (Å²) in [5.74, 6) is 0. The molecule has 2 rings (SSSR count). The molecular formula is C16H20F3NS. The minimum Gasteiger partial charge on any atom is -0.309 e. The second-order valence-corrected chi connectivity index (χ2v) is 6.42. The highest BCUT2D eigenvalue weighted by Crippen LogP contribution is 2.34. The van der Waals surface area contributed by atoms with E-state index in [9.17, 15) is 13.2 Å². The van der Waals surface area contributed by atoms with Gasteiger partial charge in [0.15, 0.2) is 0 Å². The van der Waals surface area contributed by atoms with E-state index in [4.69, 9.17) is 0 Å². The number of rotatable bonds is 6. The van der Waals surface area contributed by atoms with Crippen molar-refractivity contribution in [2.24, 2.45) is 0 Å². The molecule has 1 nitrogen and oxygen atoms in total. The van der Waals surface area contributed by atoms with Gasteiger partial charge in [0.1, 0.15) is 0 Å². The maximum Gasteiger partial charge on any atom is 0.389 e. The van der Waals surface area contributed by atoms with Crippen molar-refractivity contribution < 1.29 is 13.2 Å². The SMILES string of the molecule is Cc1c(C(C)NCCCCC(F)(F)F)sc2ccccc12. The van der Waals surface area contributed by atoms with Crippen LogP contribution in [0.3, 0.4) is 0 Å². The summed E-state index contributed by atoms with van der Waals surface area (Å²) in [6, 6.07) is 8.44. The van der Waals surface area contributed by atoms with E-state index in [1.807, 2.05) is 12.1 Å². The fourth-order valence-electron chi connectivity index (χ4n) is 2.47. The van der Waals surface area contributed by atoms with E-state index in [1.165, 1.54) is 20.5 Å². The second-order valence-electron chi connectivity index (χ2n) is 5.34. The summed E-state index contributed by atoms with van der Waals surface area (Å²) < 4.78 is 37.4. The number of hydrogen-bond donors (Lipinski definition) is 1. The molecule has 116 valence electrons. The predicted octanol–water partition coefficient (Wildman–Crippen LogP) is 5.59. The summed E-state index contributed by atoms with van der Waals surface area (Å²) >= 11 is 1.76. The molecule has 2 aromatic rings. The number of halogens is 3. The Morgan fingerprint density at radius 1 is 1.19 bits per heavy atom. The van der Waals surface area contributed by atoms with Crippen molar-refractivity contribution in [2.45, 2.75) is 45.3 Å². The number of aryl methyl sites for hydroxylation is 1. The van der Waals surface area contributed by atoms with Crippen LogP contribution in [0.2, 0.25) is 0 Å². The largest absolute Gasteiger partial charge is 0.389 e. The zero-order chi connectivity index (χ0) is 15.5. The smallest absolute Gasteiger partial charge is 0.309 e. The first kappa shape index (κ1) is 16.3. The van der Waals surface area contributed by atoms with Crippen LogP contribution in [0.5, 0.6) is 0 Å². The maximum atomic E-state index is 12.1. The quantitative estimate of drug-likeness (QED) is 0.685. The van der Waals surface area contributed by atoms with Crippen molar-refractivity contribution in [1.29, 1.82) is 0 Å². The van der Waals surface area contributed by atoms with Crippen molar-refractivity contribution in [3.05, 3.63) is 34.7 Å². The summed E-state index contributed by atoms with van der Waals surface area (Å²) in [6.45, 7) is 4.79. The Balaban J connectivity index is 1.88. The Morgan fingerprint density at radius 3 is 2.57 bits per heavy atom. The zero-order valence-corrected chi connectivity index (χ0v) is 13.1. The van der Waals surface area contributed by atoms with E-state index < -0.39 is 12.6 Å². The normalized spacial score (nSPS) is 13.8. The molecule has 0 fully saturated rings. The van der Waals surface area contributed by atoms with E-state index in [0.717, 1.165) is 0 Å². The van der Waals surface area contributed by atoms with Gasteiger partial charge in [-0.2, -0.15) is 13.2 Å². The summed E-state index contributed by atoms with van der Waals surface area (Å²) in [7, 11) is 0. The molecule has 5 heteroatoms. The van der Waals surface area contributed by atoms with Crippen LogP contribution >= 0.6 is 11.3 Å². The molecule has 0 aliphatic carbocycles. The van der Waals surface area contributed by atoms with Gasteiger partial charge in [-0.05, 0) is 50.2 Å². The lowest BCUT2D eigenvalue weighted by atomic mass is 10.1. The summed E-state index contributed by atoms with van der Waals surface area (Å²) in [4.78, 5) is 1.27. The van der Waals surface area contributed by atoms with E-state index in [-0.39, 0.29) is 12.5 Å². The molecule has 1 atom stereocenters. The molecule has 0 radical (unpaired) electrons. The van der Waals surface area contributed by atoms with Crippen LogP contribution in [-0.4, -0.2) is 12.7 Å². The standard InChI is InChI=1S/C16H20F3NS/c1-11-13-7-3-4-8-14(13)21-15(11)12(2)20-10-6-5-9-16(17,18)19/h3-4,7-8,12,20H,5-6,9-10H2,1-2H3. The van der Waals surface area contributed by atoms with Crippen LogP contribution in [-0.2, 0) is 0 Å². The van der Waals surface area contributed by atoms with Crippen LogP contribution in [0.15, 0.2) is 24.3 Å². The monoisotopic (exact) mass is 315 g/mol. The molecular weight excluding hydrogens is 295 g/mol. The average molecular weight is 315 g/mol. The number of benzene rings is 1. The fraction of sp³-hybridized carbons (Fsp3) is 0.500. The highest BCUT2D eigenvalue weighted by molar-refractivity contribution is 7.19. The summed E-state index contributed by atoms with van der Waals surface area (Å²) in [6.07, 6.45) is -3.99. The Labute approximate surface area is 127 Å². The van der Waals surface area contributed by atoms with Gasteiger partial charge < -0.3 is 5.32 Å². The lowest BCUT2D eigenvalue weighted by Crippen LogP contribution is -2.20. The minimum absolute atomic E-state index is 0.174. The molecule has 1 aromatic carbocycles. The van der Waals surface area contributed by atoms with Crippen LogP contribution in [0.4, 0.5) is 13.2 Å². The molecule has 1 unspecified atom stereocenters. The Kier molecular flexibility index (Phi) is 5.27. The van der Waals surface area contributed by atoms with Crippen molar-refractivity contribution in [2.75, 3.05) is 6.54 Å². The van der Waals surface area contributed by atoms with Gasteiger partial charge in [-0.15, -0.1) is 11.3 Å². The first-order valence-electron chi connectivity index (χ1n) is 7.16. The van der Waals surface area contributed by atoms with Gasteiger partial charge in [-0.25, -0.2) is 0 Å². The summed E-state index contributed by atoms with van der Waals surface area (Å²) in [5, 5.41) is 4.60. The molecule has 1 aromatic heterocycles. The lowest BCUT2D eigenvalue weighted by molar-refractivity contribution is -0.135. The number of thiophene rings is 1. The number of fused-ring (bicyclic) bond motifs is 1. The molecule has 1 N–H and O–H groups in total. The predicted molar refractivity (Wildman–Crippen MR) is 82.9 cm³/mol. The van der Waals surface area contributed by atoms with Crippen LogP contribution in [0, 0.1) is 6.92 Å². The van der Waals surface area contributed by atoms with E-state index in [2.05, 4.69) is 31.3 Å². The molecule has 0 saturated carbocycles. The number of nitrogens with one attached hydrogen (secondary N) is 1. The van der Waals surface area contributed by atoms with Crippen LogP contribution in [0.25, 0.3) is 10.1 Å². The van der Waals surface area contributed by atoms with Crippen molar-refractivity contribution in [3.8, 4) is 0 Å². The second kappa shape index (κ2) is 6.79. The van der Waals surface area contributed by atoms with Crippen molar-refractivity contribution in [3.63, 3.8) is 0 Å².